The summed E-state index contributed by atoms with van der Waals surface area (Å²) in [5, 5.41) is 1.05. The third-order valence-electron chi connectivity index (χ3n) is 6.84. The fourth-order valence-electron chi connectivity index (χ4n) is 5.20. The second-order valence-electron chi connectivity index (χ2n) is 8.83. The van der Waals surface area contributed by atoms with Crippen molar-refractivity contribution in [3.05, 3.63) is 87.9 Å². The average Bonchev–Trinajstić information content (AvgIpc) is 3.11. The van der Waals surface area contributed by atoms with E-state index in [9.17, 15) is 9.59 Å². The number of nitrogens with zero attached hydrogens (tertiary/aromatic N) is 2. The highest BCUT2D eigenvalue weighted by Gasteiger charge is 2.53. The monoisotopic (exact) mass is 478 g/mol. The lowest BCUT2D eigenvalue weighted by Crippen LogP contribution is -2.53. The lowest BCUT2D eigenvalue weighted by Gasteiger charge is -2.39. The number of fused-ring (bicyclic) bond motifs is 1. The third-order valence-corrected chi connectivity index (χ3v) is 7.27. The van der Waals surface area contributed by atoms with E-state index >= 15 is 0 Å². The van der Waals surface area contributed by atoms with Crippen molar-refractivity contribution >= 4 is 41.1 Å². The molecule has 0 bridgehead atoms. The standard InChI is InChI=1S/C27H24Cl2N2O2/c28-22-13-23(29)15-24(14-22)31-18-30-12-4-3-11-27(30,26(31)33)16-19-7-9-20(10-8-19)25-6-2-1-5-21(25)17-32/h1-2,5-10,13-15,17H,3-4,11-12,16,18H2. The maximum absolute atomic E-state index is 13.8. The third kappa shape index (κ3) is 4.08. The van der Waals surface area contributed by atoms with Gasteiger partial charge in [0.1, 0.15) is 5.54 Å². The van der Waals surface area contributed by atoms with E-state index in [1.54, 1.807) is 18.2 Å². The molecule has 0 radical (unpaired) electrons. The quantitative estimate of drug-likeness (QED) is 0.407. The Bertz CT molecular complexity index is 1190. The summed E-state index contributed by atoms with van der Waals surface area (Å²) in [6.07, 6.45) is 4.46. The molecule has 1 atom stereocenters. The van der Waals surface area contributed by atoms with Gasteiger partial charge in [0.15, 0.2) is 6.29 Å². The van der Waals surface area contributed by atoms with Crippen LogP contribution in [0.2, 0.25) is 10.0 Å². The maximum atomic E-state index is 13.8. The van der Waals surface area contributed by atoms with Gasteiger partial charge in [-0.1, -0.05) is 71.7 Å². The Labute approximate surface area is 203 Å². The average molecular weight is 479 g/mol. The van der Waals surface area contributed by atoms with Gasteiger partial charge in [0.05, 0.1) is 6.67 Å². The van der Waals surface area contributed by atoms with Crippen molar-refractivity contribution in [1.82, 2.24) is 4.90 Å². The van der Waals surface area contributed by atoms with Crippen LogP contribution in [0.15, 0.2) is 66.7 Å². The van der Waals surface area contributed by atoms with Crippen molar-refractivity contribution in [2.45, 2.75) is 31.2 Å². The van der Waals surface area contributed by atoms with Gasteiger partial charge in [-0.3, -0.25) is 19.4 Å². The first-order valence-corrected chi connectivity index (χ1v) is 11.9. The van der Waals surface area contributed by atoms with Crippen LogP contribution in [-0.4, -0.2) is 35.8 Å². The van der Waals surface area contributed by atoms with Crippen molar-refractivity contribution < 1.29 is 9.59 Å². The van der Waals surface area contributed by atoms with E-state index in [2.05, 4.69) is 17.0 Å². The number of aldehydes is 1. The molecule has 3 aromatic carbocycles. The zero-order chi connectivity index (χ0) is 23.0. The minimum Gasteiger partial charge on any atom is -0.298 e. The number of amides is 1. The molecule has 0 aromatic heterocycles. The number of halogens is 2. The summed E-state index contributed by atoms with van der Waals surface area (Å²) in [5.41, 5.74) is 3.87. The van der Waals surface area contributed by atoms with Crippen LogP contribution in [0.3, 0.4) is 0 Å². The predicted octanol–water partition coefficient (Wildman–Crippen LogP) is 6.24. The van der Waals surface area contributed by atoms with Crippen molar-refractivity contribution in [2.24, 2.45) is 0 Å². The summed E-state index contributed by atoms with van der Waals surface area (Å²) in [6, 6.07) is 21.1. The van der Waals surface area contributed by atoms with Gasteiger partial charge < -0.3 is 0 Å². The summed E-state index contributed by atoms with van der Waals surface area (Å²) in [6.45, 7) is 1.43. The number of piperidine rings is 1. The largest absolute Gasteiger partial charge is 0.298 e. The Morgan fingerprint density at radius 3 is 2.39 bits per heavy atom. The second kappa shape index (κ2) is 8.94. The Morgan fingerprint density at radius 1 is 0.939 bits per heavy atom. The first-order chi connectivity index (χ1) is 16.0. The van der Waals surface area contributed by atoms with E-state index in [4.69, 9.17) is 23.2 Å². The zero-order valence-corrected chi connectivity index (χ0v) is 19.6. The molecule has 33 heavy (non-hydrogen) atoms. The normalized spacial score (nSPS) is 20.7. The van der Waals surface area contributed by atoms with E-state index in [0.29, 0.717) is 28.7 Å². The second-order valence-corrected chi connectivity index (χ2v) is 9.71. The molecule has 2 aliphatic rings. The Balaban J connectivity index is 1.45. The van der Waals surface area contributed by atoms with Crippen LogP contribution in [0.4, 0.5) is 5.69 Å². The summed E-state index contributed by atoms with van der Waals surface area (Å²) in [4.78, 5) is 29.4. The van der Waals surface area contributed by atoms with Crippen LogP contribution in [0.1, 0.15) is 35.2 Å². The van der Waals surface area contributed by atoms with Gasteiger partial charge in [0.2, 0.25) is 5.91 Å². The number of carbonyl (C=O) groups is 2. The molecule has 6 heteroatoms. The minimum atomic E-state index is -0.560. The molecule has 4 nitrogen and oxygen atoms in total. The highest BCUT2D eigenvalue weighted by atomic mass is 35.5. The molecule has 1 unspecified atom stereocenters. The molecule has 5 rings (SSSR count). The zero-order valence-electron chi connectivity index (χ0n) is 18.1. The van der Waals surface area contributed by atoms with Gasteiger partial charge >= 0.3 is 0 Å². The number of carbonyl (C=O) groups excluding carboxylic acids is 2. The summed E-state index contributed by atoms with van der Waals surface area (Å²) in [5.74, 6) is 0.107. The highest BCUT2D eigenvalue weighted by Crippen LogP contribution is 2.41. The van der Waals surface area contributed by atoms with Gasteiger partial charge in [-0.15, -0.1) is 0 Å². The lowest BCUT2D eigenvalue weighted by molar-refractivity contribution is -0.126. The predicted molar refractivity (Wildman–Crippen MR) is 133 cm³/mol. The van der Waals surface area contributed by atoms with E-state index in [-0.39, 0.29) is 5.91 Å². The number of anilines is 1. The fraction of sp³-hybridized carbons (Fsp3) is 0.259. The highest BCUT2D eigenvalue weighted by molar-refractivity contribution is 6.35. The van der Waals surface area contributed by atoms with Crippen LogP contribution in [0.25, 0.3) is 11.1 Å². The molecule has 0 saturated carbocycles. The van der Waals surface area contributed by atoms with E-state index in [0.717, 1.165) is 54.5 Å². The maximum Gasteiger partial charge on any atom is 0.249 e. The van der Waals surface area contributed by atoms with Gasteiger partial charge in [0, 0.05) is 27.8 Å². The van der Waals surface area contributed by atoms with Crippen LogP contribution < -0.4 is 4.90 Å². The van der Waals surface area contributed by atoms with Crippen molar-refractivity contribution in [3.63, 3.8) is 0 Å². The molecule has 2 aliphatic heterocycles. The lowest BCUT2D eigenvalue weighted by atomic mass is 9.81. The SMILES string of the molecule is O=Cc1ccccc1-c1ccc(CC23CCCCN2CN(c2cc(Cl)cc(Cl)c2)C3=O)cc1. The molecule has 2 saturated heterocycles. The van der Waals surface area contributed by atoms with Gasteiger partial charge in [0.25, 0.3) is 0 Å². The van der Waals surface area contributed by atoms with Crippen molar-refractivity contribution in [3.8, 4) is 11.1 Å². The summed E-state index contributed by atoms with van der Waals surface area (Å²) < 4.78 is 0. The Hall–Kier alpha value is -2.66. The van der Waals surface area contributed by atoms with E-state index in [1.165, 1.54) is 0 Å². The first-order valence-electron chi connectivity index (χ1n) is 11.2. The molecule has 168 valence electrons. The summed E-state index contributed by atoms with van der Waals surface area (Å²) >= 11 is 12.4. The van der Waals surface area contributed by atoms with Crippen LogP contribution in [0, 0.1) is 0 Å². The molecule has 0 N–H and O–H groups in total. The van der Waals surface area contributed by atoms with E-state index in [1.807, 2.05) is 41.3 Å². The molecule has 3 aromatic rings. The number of hydrogen-bond donors (Lipinski definition) is 0. The van der Waals surface area contributed by atoms with Crippen molar-refractivity contribution in [2.75, 3.05) is 18.1 Å². The molecule has 1 amide bonds. The number of rotatable bonds is 5. The van der Waals surface area contributed by atoms with Crippen LogP contribution in [-0.2, 0) is 11.2 Å². The molecular weight excluding hydrogens is 455 g/mol. The molecule has 0 spiro atoms. The molecule has 2 heterocycles. The van der Waals surface area contributed by atoms with E-state index < -0.39 is 5.54 Å². The Morgan fingerprint density at radius 2 is 1.67 bits per heavy atom. The molecular formula is C27H24Cl2N2O2. The van der Waals surface area contributed by atoms with Gasteiger partial charge in [-0.25, -0.2) is 0 Å². The Kier molecular flexibility index (Phi) is 6.00. The topological polar surface area (TPSA) is 40.6 Å². The molecule has 2 fully saturated rings. The fourth-order valence-corrected chi connectivity index (χ4v) is 5.71. The smallest absolute Gasteiger partial charge is 0.249 e. The van der Waals surface area contributed by atoms with Crippen LogP contribution in [0.5, 0.6) is 0 Å². The first kappa shape index (κ1) is 22.1. The van der Waals surface area contributed by atoms with Crippen LogP contribution >= 0.6 is 23.2 Å². The van der Waals surface area contributed by atoms with Gasteiger partial charge in [-0.2, -0.15) is 0 Å². The summed E-state index contributed by atoms with van der Waals surface area (Å²) in [7, 11) is 0. The number of benzene rings is 3. The molecule has 0 aliphatic carbocycles. The van der Waals surface area contributed by atoms with Crippen molar-refractivity contribution in [1.29, 1.82) is 0 Å². The minimum absolute atomic E-state index is 0.107. The van der Waals surface area contributed by atoms with Gasteiger partial charge in [-0.05, 0) is 60.6 Å². The number of hydrogen-bond acceptors (Lipinski definition) is 3.